The van der Waals surface area contributed by atoms with Gasteiger partial charge in [0.2, 0.25) is 0 Å². The summed E-state index contributed by atoms with van der Waals surface area (Å²) in [5, 5.41) is 0. The van der Waals surface area contributed by atoms with E-state index in [9.17, 15) is 0 Å². The molecule has 2 aromatic rings. The first-order chi connectivity index (χ1) is 7.72. The van der Waals surface area contributed by atoms with Crippen molar-refractivity contribution in [3.05, 3.63) is 59.0 Å². The smallest absolute Gasteiger partial charge is 0.125 e. The van der Waals surface area contributed by atoms with E-state index in [1.807, 2.05) is 31.2 Å². The van der Waals surface area contributed by atoms with E-state index >= 15 is 0 Å². The van der Waals surface area contributed by atoms with Gasteiger partial charge in [-0.1, -0.05) is 31.2 Å². The van der Waals surface area contributed by atoms with Gasteiger partial charge >= 0.3 is 0 Å². The van der Waals surface area contributed by atoms with Gasteiger partial charge in [-0.25, -0.2) is 0 Å². The van der Waals surface area contributed by atoms with Crippen LogP contribution in [-0.2, 0) is 6.42 Å². The summed E-state index contributed by atoms with van der Waals surface area (Å²) in [7, 11) is 0. The quantitative estimate of drug-likeness (QED) is 0.854. The van der Waals surface area contributed by atoms with Crippen molar-refractivity contribution in [3.8, 4) is 0 Å². The first kappa shape index (κ1) is 11.0. The molecule has 0 amide bonds. The van der Waals surface area contributed by atoms with Gasteiger partial charge in [0.15, 0.2) is 0 Å². The zero-order valence-corrected chi connectivity index (χ0v) is 9.73. The molecule has 1 unspecified atom stereocenters. The molecule has 1 atom stereocenters. The summed E-state index contributed by atoms with van der Waals surface area (Å²) >= 11 is 0. The lowest BCUT2D eigenvalue weighted by Crippen LogP contribution is -2.13. The molecule has 1 aromatic carbocycles. The fraction of sp³-hybridized carbons (Fsp3) is 0.286. The Hall–Kier alpha value is -1.54. The molecule has 0 aliphatic carbocycles. The first-order valence-electron chi connectivity index (χ1n) is 5.62. The van der Waals surface area contributed by atoms with Crippen molar-refractivity contribution in [1.82, 2.24) is 0 Å². The highest BCUT2D eigenvalue weighted by Gasteiger charge is 2.14. The molecule has 16 heavy (non-hydrogen) atoms. The standard InChI is InChI=1S/C14H17NO/c1-3-11-6-4-5-7-12(11)14(15)13-9-8-10(2)16-13/h4-9,14H,3,15H2,1-2H3. The highest BCUT2D eigenvalue weighted by atomic mass is 16.3. The molecule has 0 bridgehead atoms. The second-order valence-corrected chi connectivity index (χ2v) is 3.98. The lowest BCUT2D eigenvalue weighted by molar-refractivity contribution is 0.465. The van der Waals surface area contributed by atoms with Crippen LogP contribution in [0.5, 0.6) is 0 Å². The Morgan fingerprint density at radius 1 is 1.19 bits per heavy atom. The maximum atomic E-state index is 6.21. The molecule has 2 heteroatoms. The highest BCUT2D eigenvalue weighted by Crippen LogP contribution is 2.24. The summed E-state index contributed by atoms with van der Waals surface area (Å²) in [4.78, 5) is 0. The molecule has 2 N–H and O–H groups in total. The Morgan fingerprint density at radius 3 is 2.56 bits per heavy atom. The van der Waals surface area contributed by atoms with E-state index in [1.54, 1.807) is 0 Å². The lowest BCUT2D eigenvalue weighted by Gasteiger charge is -2.13. The van der Waals surface area contributed by atoms with Gasteiger partial charge < -0.3 is 10.2 Å². The maximum Gasteiger partial charge on any atom is 0.125 e. The average Bonchev–Trinajstić information content (AvgIpc) is 2.75. The summed E-state index contributed by atoms with van der Waals surface area (Å²) in [6, 6.07) is 12.0. The molecule has 0 radical (unpaired) electrons. The Morgan fingerprint density at radius 2 is 1.94 bits per heavy atom. The fourth-order valence-electron chi connectivity index (χ4n) is 1.93. The van der Waals surface area contributed by atoms with Crippen LogP contribution in [0, 0.1) is 6.92 Å². The van der Waals surface area contributed by atoms with Crippen molar-refractivity contribution in [1.29, 1.82) is 0 Å². The van der Waals surface area contributed by atoms with Crippen LogP contribution in [0.15, 0.2) is 40.8 Å². The molecular formula is C14H17NO. The second kappa shape index (κ2) is 4.54. The normalized spacial score (nSPS) is 12.7. The predicted octanol–water partition coefficient (Wildman–Crippen LogP) is 3.20. The second-order valence-electron chi connectivity index (χ2n) is 3.98. The molecule has 1 heterocycles. The van der Waals surface area contributed by atoms with Gasteiger partial charge in [-0.05, 0) is 36.6 Å². The van der Waals surface area contributed by atoms with E-state index in [1.165, 1.54) is 5.56 Å². The number of hydrogen-bond acceptors (Lipinski definition) is 2. The topological polar surface area (TPSA) is 39.2 Å². The summed E-state index contributed by atoms with van der Waals surface area (Å²) in [5.74, 6) is 1.73. The van der Waals surface area contributed by atoms with Crippen LogP contribution in [0.2, 0.25) is 0 Å². The molecule has 2 rings (SSSR count). The number of rotatable bonds is 3. The maximum absolute atomic E-state index is 6.21. The van der Waals surface area contributed by atoms with E-state index in [4.69, 9.17) is 10.2 Å². The van der Waals surface area contributed by atoms with Crippen molar-refractivity contribution < 1.29 is 4.42 Å². The monoisotopic (exact) mass is 215 g/mol. The van der Waals surface area contributed by atoms with Gasteiger partial charge in [0.25, 0.3) is 0 Å². The summed E-state index contributed by atoms with van der Waals surface area (Å²) in [5.41, 5.74) is 8.65. The number of hydrogen-bond donors (Lipinski definition) is 1. The van der Waals surface area contributed by atoms with Crippen molar-refractivity contribution in [2.75, 3.05) is 0 Å². The molecule has 0 aliphatic heterocycles. The molecule has 0 saturated carbocycles. The molecular weight excluding hydrogens is 198 g/mol. The molecule has 84 valence electrons. The van der Waals surface area contributed by atoms with Crippen molar-refractivity contribution >= 4 is 0 Å². The lowest BCUT2D eigenvalue weighted by atomic mass is 9.98. The van der Waals surface area contributed by atoms with E-state index in [0.717, 1.165) is 23.5 Å². The van der Waals surface area contributed by atoms with Crippen LogP contribution in [-0.4, -0.2) is 0 Å². The van der Waals surface area contributed by atoms with Gasteiger partial charge in [-0.15, -0.1) is 0 Å². The molecule has 1 aromatic heterocycles. The van der Waals surface area contributed by atoms with E-state index < -0.39 is 0 Å². The summed E-state index contributed by atoms with van der Waals surface area (Å²) < 4.78 is 5.57. The number of nitrogens with two attached hydrogens (primary N) is 1. The Labute approximate surface area is 96.1 Å². The minimum absolute atomic E-state index is 0.162. The highest BCUT2D eigenvalue weighted by molar-refractivity contribution is 5.34. The first-order valence-corrected chi connectivity index (χ1v) is 5.62. The van der Waals surface area contributed by atoms with Crippen LogP contribution in [0.3, 0.4) is 0 Å². The summed E-state index contributed by atoms with van der Waals surface area (Å²) in [6.07, 6.45) is 0.990. The number of furan rings is 1. The van der Waals surface area contributed by atoms with Crippen LogP contribution in [0.4, 0.5) is 0 Å². The van der Waals surface area contributed by atoms with Gasteiger partial charge in [-0.2, -0.15) is 0 Å². The van der Waals surface area contributed by atoms with Crippen molar-refractivity contribution in [2.24, 2.45) is 5.73 Å². The third-order valence-electron chi connectivity index (χ3n) is 2.84. The van der Waals surface area contributed by atoms with Crippen LogP contribution in [0.25, 0.3) is 0 Å². The SMILES string of the molecule is CCc1ccccc1C(N)c1ccc(C)o1. The van der Waals surface area contributed by atoms with Crippen LogP contribution >= 0.6 is 0 Å². The van der Waals surface area contributed by atoms with E-state index in [-0.39, 0.29) is 6.04 Å². The zero-order chi connectivity index (χ0) is 11.5. The van der Waals surface area contributed by atoms with Gasteiger partial charge in [0.1, 0.15) is 11.5 Å². The minimum atomic E-state index is -0.162. The molecule has 2 nitrogen and oxygen atoms in total. The van der Waals surface area contributed by atoms with Crippen molar-refractivity contribution in [2.45, 2.75) is 26.3 Å². The van der Waals surface area contributed by atoms with Crippen molar-refractivity contribution in [3.63, 3.8) is 0 Å². The Bertz CT molecular complexity index is 473. The Balaban J connectivity index is 2.36. The third-order valence-corrected chi connectivity index (χ3v) is 2.84. The van der Waals surface area contributed by atoms with Gasteiger partial charge in [0, 0.05) is 0 Å². The number of benzene rings is 1. The van der Waals surface area contributed by atoms with Gasteiger partial charge in [0.05, 0.1) is 6.04 Å². The van der Waals surface area contributed by atoms with Gasteiger partial charge in [-0.3, -0.25) is 0 Å². The minimum Gasteiger partial charge on any atom is -0.464 e. The molecule has 0 saturated heterocycles. The van der Waals surface area contributed by atoms with Crippen LogP contribution < -0.4 is 5.73 Å². The average molecular weight is 215 g/mol. The van der Waals surface area contributed by atoms with Crippen LogP contribution in [0.1, 0.15) is 35.6 Å². The molecule has 0 spiro atoms. The van der Waals surface area contributed by atoms with E-state index in [0.29, 0.717) is 0 Å². The summed E-state index contributed by atoms with van der Waals surface area (Å²) in [6.45, 7) is 4.07. The third kappa shape index (κ3) is 2.02. The predicted molar refractivity (Wildman–Crippen MR) is 65.3 cm³/mol. The fourth-order valence-corrected chi connectivity index (χ4v) is 1.93. The van der Waals surface area contributed by atoms with E-state index in [2.05, 4.69) is 19.1 Å². The zero-order valence-electron chi connectivity index (χ0n) is 9.73. The largest absolute Gasteiger partial charge is 0.464 e. The molecule has 0 aliphatic rings. The molecule has 0 fully saturated rings. The Kier molecular flexibility index (Phi) is 3.11. The number of aryl methyl sites for hydroxylation is 2.